The Labute approximate surface area is 108 Å². The van der Waals surface area contributed by atoms with Crippen molar-refractivity contribution < 1.29 is 9.53 Å². The summed E-state index contributed by atoms with van der Waals surface area (Å²) >= 11 is 3.23. The third-order valence-corrected chi connectivity index (χ3v) is 5.06. The summed E-state index contributed by atoms with van der Waals surface area (Å²) in [5.41, 5.74) is 5.23. The minimum atomic E-state index is -0.813. The Kier molecular flexibility index (Phi) is 3.70. The summed E-state index contributed by atoms with van der Waals surface area (Å²) in [5, 5.41) is 9.32. The Balaban J connectivity index is 1.96. The fourth-order valence-electron chi connectivity index (χ4n) is 1.99. The standard InChI is InChI=1S/C10H15N3O2S2/c1-6-12-13-9(16-6)17-7-3-4-10(11,5-7)8(14)15-2/h7H,3-5,11H2,1-2H3. The first-order valence-corrected chi connectivity index (χ1v) is 7.07. The smallest absolute Gasteiger partial charge is 0.325 e. The zero-order valence-corrected chi connectivity index (χ0v) is 11.4. The molecule has 0 saturated heterocycles. The van der Waals surface area contributed by atoms with Crippen LogP contribution in [0.25, 0.3) is 0 Å². The second-order valence-corrected chi connectivity index (χ2v) is 6.95. The molecule has 17 heavy (non-hydrogen) atoms. The first-order chi connectivity index (χ1) is 8.03. The third kappa shape index (κ3) is 2.78. The number of esters is 1. The van der Waals surface area contributed by atoms with Gasteiger partial charge in [-0.1, -0.05) is 23.1 Å². The SMILES string of the molecule is COC(=O)C1(N)CCC(Sc2nnc(C)s2)C1. The lowest BCUT2D eigenvalue weighted by Crippen LogP contribution is -2.46. The van der Waals surface area contributed by atoms with Crippen molar-refractivity contribution in [2.45, 2.75) is 41.3 Å². The predicted octanol–water partition coefficient (Wildman–Crippen LogP) is 1.36. The van der Waals surface area contributed by atoms with Crippen LogP contribution in [0.4, 0.5) is 0 Å². The van der Waals surface area contributed by atoms with Crippen LogP contribution in [0.2, 0.25) is 0 Å². The molecule has 0 aliphatic heterocycles. The van der Waals surface area contributed by atoms with Crippen molar-refractivity contribution in [3.63, 3.8) is 0 Å². The van der Waals surface area contributed by atoms with Gasteiger partial charge in [0.25, 0.3) is 0 Å². The summed E-state index contributed by atoms with van der Waals surface area (Å²) < 4.78 is 5.69. The highest BCUT2D eigenvalue weighted by molar-refractivity contribution is 8.01. The fraction of sp³-hybridized carbons (Fsp3) is 0.700. The highest BCUT2D eigenvalue weighted by Gasteiger charge is 2.43. The molecule has 1 heterocycles. The highest BCUT2D eigenvalue weighted by Crippen LogP contribution is 2.40. The monoisotopic (exact) mass is 273 g/mol. The van der Waals surface area contributed by atoms with Crippen molar-refractivity contribution in [3.8, 4) is 0 Å². The molecular formula is C10H15N3O2S2. The van der Waals surface area contributed by atoms with E-state index >= 15 is 0 Å². The van der Waals surface area contributed by atoms with E-state index in [4.69, 9.17) is 10.5 Å². The highest BCUT2D eigenvalue weighted by atomic mass is 32.2. The second-order valence-electron chi connectivity index (χ2n) is 4.22. The summed E-state index contributed by atoms with van der Waals surface area (Å²) in [7, 11) is 1.38. The van der Waals surface area contributed by atoms with Gasteiger partial charge in [0.2, 0.25) is 0 Å². The van der Waals surface area contributed by atoms with Crippen LogP contribution in [-0.2, 0) is 9.53 Å². The Hall–Kier alpha value is -0.660. The topological polar surface area (TPSA) is 78.1 Å². The average Bonchev–Trinajstić information content (AvgIpc) is 2.86. The number of hydrogen-bond donors (Lipinski definition) is 1. The minimum absolute atomic E-state index is 0.311. The van der Waals surface area contributed by atoms with Gasteiger partial charge in [0.05, 0.1) is 7.11 Å². The van der Waals surface area contributed by atoms with Crippen LogP contribution in [0.5, 0.6) is 0 Å². The lowest BCUT2D eigenvalue weighted by molar-refractivity contribution is -0.146. The number of aryl methyl sites for hydroxylation is 1. The van der Waals surface area contributed by atoms with Gasteiger partial charge in [-0.05, 0) is 26.2 Å². The molecule has 2 atom stereocenters. The van der Waals surface area contributed by atoms with Gasteiger partial charge in [-0.3, -0.25) is 4.79 Å². The molecule has 1 fully saturated rings. The van der Waals surface area contributed by atoms with Crippen LogP contribution in [-0.4, -0.2) is 34.1 Å². The van der Waals surface area contributed by atoms with Gasteiger partial charge in [-0.25, -0.2) is 0 Å². The number of ether oxygens (including phenoxy) is 1. The maximum Gasteiger partial charge on any atom is 0.325 e. The summed E-state index contributed by atoms with van der Waals surface area (Å²) in [6, 6.07) is 0. The lowest BCUT2D eigenvalue weighted by atomic mass is 10.00. The van der Waals surface area contributed by atoms with E-state index in [0.29, 0.717) is 18.1 Å². The molecule has 0 bridgehead atoms. The number of methoxy groups -OCH3 is 1. The predicted molar refractivity (Wildman–Crippen MR) is 67.1 cm³/mol. The zero-order chi connectivity index (χ0) is 12.5. The van der Waals surface area contributed by atoms with Crippen LogP contribution in [0.1, 0.15) is 24.3 Å². The number of carbonyl (C=O) groups excluding carboxylic acids is 1. The van der Waals surface area contributed by atoms with E-state index in [0.717, 1.165) is 15.8 Å². The van der Waals surface area contributed by atoms with Gasteiger partial charge in [0.15, 0.2) is 4.34 Å². The van der Waals surface area contributed by atoms with Gasteiger partial charge < -0.3 is 10.5 Å². The Morgan fingerprint density at radius 2 is 2.41 bits per heavy atom. The molecule has 0 amide bonds. The number of hydrogen-bond acceptors (Lipinski definition) is 7. The molecule has 2 N–H and O–H groups in total. The van der Waals surface area contributed by atoms with E-state index in [-0.39, 0.29) is 5.97 Å². The third-order valence-electron chi connectivity index (χ3n) is 2.87. The van der Waals surface area contributed by atoms with E-state index in [2.05, 4.69) is 10.2 Å². The van der Waals surface area contributed by atoms with Crippen LogP contribution in [0.15, 0.2) is 4.34 Å². The van der Waals surface area contributed by atoms with Crippen molar-refractivity contribution in [3.05, 3.63) is 5.01 Å². The largest absolute Gasteiger partial charge is 0.468 e. The average molecular weight is 273 g/mol. The summed E-state index contributed by atoms with van der Waals surface area (Å²) in [6.45, 7) is 1.93. The first kappa shape index (κ1) is 12.8. The Bertz CT molecular complexity index is 423. The number of nitrogens with two attached hydrogens (primary N) is 1. The molecule has 1 aromatic heterocycles. The molecule has 0 aromatic carbocycles. The van der Waals surface area contributed by atoms with Crippen molar-refractivity contribution in [1.82, 2.24) is 10.2 Å². The molecule has 7 heteroatoms. The maximum absolute atomic E-state index is 11.6. The molecule has 0 spiro atoms. The molecule has 0 radical (unpaired) electrons. The van der Waals surface area contributed by atoms with Crippen molar-refractivity contribution >= 4 is 29.1 Å². The van der Waals surface area contributed by atoms with Gasteiger partial charge >= 0.3 is 5.97 Å². The van der Waals surface area contributed by atoms with Crippen LogP contribution in [0.3, 0.4) is 0 Å². The van der Waals surface area contributed by atoms with Gasteiger partial charge in [-0.15, -0.1) is 10.2 Å². The minimum Gasteiger partial charge on any atom is -0.468 e. The van der Waals surface area contributed by atoms with Gasteiger partial charge in [0, 0.05) is 5.25 Å². The molecule has 1 saturated carbocycles. The van der Waals surface area contributed by atoms with Crippen molar-refractivity contribution in [2.75, 3.05) is 7.11 Å². The molecular weight excluding hydrogens is 258 g/mol. The molecule has 1 aliphatic carbocycles. The van der Waals surface area contributed by atoms with E-state index in [1.807, 2.05) is 6.92 Å². The Morgan fingerprint density at radius 3 is 3.00 bits per heavy atom. The molecule has 5 nitrogen and oxygen atoms in total. The van der Waals surface area contributed by atoms with Crippen LogP contribution < -0.4 is 5.73 Å². The van der Waals surface area contributed by atoms with Crippen molar-refractivity contribution in [1.29, 1.82) is 0 Å². The van der Waals surface area contributed by atoms with Gasteiger partial charge in [0.1, 0.15) is 10.5 Å². The van der Waals surface area contributed by atoms with Gasteiger partial charge in [-0.2, -0.15) is 0 Å². The fourth-order valence-corrected chi connectivity index (χ4v) is 4.35. The number of rotatable bonds is 3. The molecule has 94 valence electrons. The number of thioether (sulfide) groups is 1. The zero-order valence-electron chi connectivity index (χ0n) is 9.80. The van der Waals surface area contributed by atoms with E-state index in [1.165, 1.54) is 7.11 Å². The van der Waals surface area contributed by atoms with E-state index in [1.54, 1.807) is 23.1 Å². The van der Waals surface area contributed by atoms with E-state index < -0.39 is 5.54 Å². The normalized spacial score (nSPS) is 28.3. The molecule has 2 rings (SSSR count). The first-order valence-electron chi connectivity index (χ1n) is 5.37. The summed E-state index contributed by atoms with van der Waals surface area (Å²) in [5.74, 6) is -0.311. The molecule has 2 unspecified atom stereocenters. The lowest BCUT2D eigenvalue weighted by Gasteiger charge is -2.20. The number of nitrogens with zero attached hydrogens (tertiary/aromatic N) is 2. The molecule has 1 aliphatic rings. The number of aromatic nitrogens is 2. The maximum atomic E-state index is 11.6. The Morgan fingerprint density at radius 1 is 1.65 bits per heavy atom. The second kappa shape index (κ2) is 4.91. The number of carbonyl (C=O) groups is 1. The van der Waals surface area contributed by atoms with E-state index in [9.17, 15) is 4.79 Å². The molecule has 1 aromatic rings. The van der Waals surface area contributed by atoms with Crippen LogP contribution >= 0.6 is 23.1 Å². The quantitative estimate of drug-likeness (QED) is 0.838. The summed E-state index contributed by atoms with van der Waals surface area (Å²) in [6.07, 6.45) is 2.23. The summed E-state index contributed by atoms with van der Waals surface area (Å²) in [4.78, 5) is 11.6. The van der Waals surface area contributed by atoms with Crippen molar-refractivity contribution in [2.24, 2.45) is 5.73 Å². The van der Waals surface area contributed by atoms with Crippen LogP contribution in [0, 0.1) is 6.92 Å².